The molecule has 3 rings (SSSR count). The van der Waals surface area contributed by atoms with Crippen molar-refractivity contribution in [2.24, 2.45) is 0 Å². The molecule has 0 heterocycles. The molecule has 7 heteroatoms. The predicted octanol–water partition coefficient (Wildman–Crippen LogP) is 6.22. The summed E-state index contributed by atoms with van der Waals surface area (Å²) in [6.45, 7) is 6.17. The van der Waals surface area contributed by atoms with Crippen LogP contribution in [0.5, 0.6) is 0 Å². The second-order valence-electron chi connectivity index (χ2n) is 9.30. The summed E-state index contributed by atoms with van der Waals surface area (Å²) < 4.78 is 52.0. The van der Waals surface area contributed by atoms with E-state index in [-0.39, 0.29) is 11.8 Å². The van der Waals surface area contributed by atoms with Gasteiger partial charge in [-0.1, -0.05) is 57.2 Å². The molecule has 2 unspecified atom stereocenters. The molecular formula is C27H27F4NO2. The van der Waals surface area contributed by atoms with Crippen LogP contribution in [0.25, 0.3) is 0 Å². The maximum absolute atomic E-state index is 13.3. The Bertz CT molecular complexity index is 1100. The first-order valence-corrected chi connectivity index (χ1v) is 10.9. The van der Waals surface area contributed by atoms with Crippen molar-refractivity contribution in [1.29, 1.82) is 0 Å². The summed E-state index contributed by atoms with van der Waals surface area (Å²) in [4.78, 5) is 13.0. The minimum Gasteiger partial charge on any atom is -0.386 e. The number of alkyl halides is 3. The maximum Gasteiger partial charge on any atom is 0.416 e. The van der Waals surface area contributed by atoms with Crippen molar-refractivity contribution in [3.05, 3.63) is 106 Å². The van der Waals surface area contributed by atoms with Crippen molar-refractivity contribution in [2.45, 2.75) is 50.9 Å². The molecule has 0 aliphatic carbocycles. The number of halogens is 4. The number of aliphatic hydroxyl groups excluding tert-OH is 1. The Morgan fingerprint density at radius 2 is 1.38 bits per heavy atom. The van der Waals surface area contributed by atoms with E-state index in [0.29, 0.717) is 16.7 Å². The maximum atomic E-state index is 13.3. The Morgan fingerprint density at radius 1 is 0.853 bits per heavy atom. The van der Waals surface area contributed by atoms with Gasteiger partial charge in [0.05, 0.1) is 17.7 Å². The van der Waals surface area contributed by atoms with Crippen LogP contribution in [0, 0.1) is 5.82 Å². The molecule has 0 aliphatic rings. The van der Waals surface area contributed by atoms with Crippen LogP contribution in [-0.4, -0.2) is 17.1 Å². The highest BCUT2D eigenvalue weighted by atomic mass is 19.4. The van der Waals surface area contributed by atoms with E-state index in [4.69, 9.17) is 0 Å². The number of benzene rings is 3. The van der Waals surface area contributed by atoms with E-state index in [0.717, 1.165) is 17.7 Å². The van der Waals surface area contributed by atoms with Gasteiger partial charge < -0.3 is 10.4 Å². The number of carbonyl (C=O) groups is 1. The van der Waals surface area contributed by atoms with Gasteiger partial charge in [-0.2, -0.15) is 13.2 Å². The SMILES string of the molecule is CC(C)(C)c1ccc(C(=O)NC(Cc2ccc(C(F)(F)F)cc2)C(O)c2ccc(F)cc2)cc1. The van der Waals surface area contributed by atoms with Crippen molar-refractivity contribution in [3.8, 4) is 0 Å². The van der Waals surface area contributed by atoms with Crippen LogP contribution in [0.2, 0.25) is 0 Å². The highest BCUT2D eigenvalue weighted by Gasteiger charge is 2.30. The minimum absolute atomic E-state index is 0.0719. The third kappa shape index (κ3) is 6.44. The van der Waals surface area contributed by atoms with E-state index in [2.05, 4.69) is 26.1 Å². The minimum atomic E-state index is -4.46. The molecule has 0 spiro atoms. The fraction of sp³-hybridized carbons (Fsp3) is 0.296. The topological polar surface area (TPSA) is 49.3 Å². The second-order valence-corrected chi connectivity index (χ2v) is 9.30. The summed E-state index contributed by atoms with van der Waals surface area (Å²) in [5, 5.41) is 13.7. The first kappa shape index (κ1) is 25.4. The molecule has 34 heavy (non-hydrogen) atoms. The normalized spacial score (nSPS) is 13.9. The van der Waals surface area contributed by atoms with Gasteiger partial charge in [-0.25, -0.2) is 4.39 Å². The molecule has 3 aromatic rings. The lowest BCUT2D eigenvalue weighted by Gasteiger charge is -2.25. The summed E-state index contributed by atoms with van der Waals surface area (Å²) >= 11 is 0. The van der Waals surface area contributed by atoms with Crippen LogP contribution in [-0.2, 0) is 18.0 Å². The molecular weight excluding hydrogens is 446 g/mol. The van der Waals surface area contributed by atoms with Crippen LogP contribution in [0.15, 0.2) is 72.8 Å². The predicted molar refractivity (Wildman–Crippen MR) is 123 cm³/mol. The van der Waals surface area contributed by atoms with Crippen LogP contribution in [0.1, 0.15) is 59.5 Å². The standard InChI is InChI=1S/C27H27F4NO2/c1-26(2,3)20-12-6-19(7-13-20)25(34)32-23(24(33)18-8-14-22(28)15-9-18)16-17-4-10-21(11-5-17)27(29,30)31/h4-15,23-24,33H,16H2,1-3H3,(H,32,34). The molecule has 0 fully saturated rings. The lowest BCUT2D eigenvalue weighted by Crippen LogP contribution is -2.41. The Balaban J connectivity index is 1.85. The van der Waals surface area contributed by atoms with Gasteiger partial charge >= 0.3 is 6.18 Å². The fourth-order valence-electron chi connectivity index (χ4n) is 3.59. The molecule has 0 aliphatic heterocycles. The van der Waals surface area contributed by atoms with Crippen LogP contribution >= 0.6 is 0 Å². The Morgan fingerprint density at radius 3 is 1.88 bits per heavy atom. The number of carbonyl (C=O) groups excluding carboxylic acids is 1. The van der Waals surface area contributed by atoms with E-state index >= 15 is 0 Å². The van der Waals surface area contributed by atoms with Gasteiger partial charge in [-0.15, -0.1) is 0 Å². The molecule has 3 aromatic carbocycles. The summed E-state index contributed by atoms with van der Waals surface area (Å²) in [6, 6.07) is 16.0. The first-order valence-electron chi connectivity index (χ1n) is 10.9. The number of nitrogens with one attached hydrogen (secondary N) is 1. The van der Waals surface area contributed by atoms with Gasteiger partial charge in [-0.05, 0) is 64.9 Å². The van der Waals surface area contributed by atoms with E-state index < -0.39 is 35.6 Å². The monoisotopic (exact) mass is 473 g/mol. The second kappa shape index (κ2) is 9.97. The van der Waals surface area contributed by atoms with Crippen LogP contribution < -0.4 is 5.32 Å². The van der Waals surface area contributed by atoms with E-state index in [1.165, 1.54) is 36.4 Å². The third-order valence-corrected chi connectivity index (χ3v) is 5.66. The molecule has 0 bridgehead atoms. The largest absolute Gasteiger partial charge is 0.416 e. The van der Waals surface area contributed by atoms with E-state index in [1.807, 2.05) is 12.1 Å². The summed E-state index contributed by atoms with van der Waals surface area (Å²) in [6.07, 6.45) is -5.60. The molecule has 3 nitrogen and oxygen atoms in total. The first-order chi connectivity index (χ1) is 15.8. The van der Waals surface area contributed by atoms with Gasteiger partial charge in [0.2, 0.25) is 0 Å². The van der Waals surface area contributed by atoms with Crippen molar-refractivity contribution in [1.82, 2.24) is 5.32 Å². The zero-order valence-corrected chi connectivity index (χ0v) is 19.2. The molecule has 0 radical (unpaired) electrons. The van der Waals surface area contributed by atoms with Gasteiger partial charge in [0.1, 0.15) is 5.82 Å². The fourth-order valence-corrected chi connectivity index (χ4v) is 3.59. The number of hydrogen-bond donors (Lipinski definition) is 2. The summed E-state index contributed by atoms with van der Waals surface area (Å²) in [5.74, 6) is -0.906. The van der Waals surface area contributed by atoms with Gasteiger partial charge in [0.25, 0.3) is 5.91 Å². The van der Waals surface area contributed by atoms with Gasteiger partial charge in [0.15, 0.2) is 0 Å². The van der Waals surface area contributed by atoms with Crippen molar-refractivity contribution in [3.63, 3.8) is 0 Å². The number of rotatable bonds is 6. The Hall–Kier alpha value is -3.19. The molecule has 0 aromatic heterocycles. The number of amides is 1. The quantitative estimate of drug-likeness (QED) is 0.418. The molecule has 2 atom stereocenters. The van der Waals surface area contributed by atoms with Crippen LogP contribution in [0.4, 0.5) is 17.6 Å². The average Bonchev–Trinajstić information content (AvgIpc) is 2.78. The lowest BCUT2D eigenvalue weighted by molar-refractivity contribution is -0.137. The highest BCUT2D eigenvalue weighted by molar-refractivity contribution is 5.94. The summed E-state index contributed by atoms with van der Waals surface area (Å²) in [7, 11) is 0. The smallest absolute Gasteiger partial charge is 0.386 e. The lowest BCUT2D eigenvalue weighted by atomic mass is 9.86. The van der Waals surface area contributed by atoms with Crippen LogP contribution in [0.3, 0.4) is 0 Å². The van der Waals surface area contributed by atoms with Crippen molar-refractivity contribution >= 4 is 5.91 Å². The van der Waals surface area contributed by atoms with Gasteiger partial charge in [-0.3, -0.25) is 4.79 Å². The Labute approximate surface area is 196 Å². The van der Waals surface area contributed by atoms with E-state index in [9.17, 15) is 27.5 Å². The highest BCUT2D eigenvalue weighted by Crippen LogP contribution is 2.30. The molecule has 0 saturated carbocycles. The summed E-state index contributed by atoms with van der Waals surface area (Å²) in [5.41, 5.74) is 1.45. The van der Waals surface area contributed by atoms with E-state index in [1.54, 1.807) is 12.1 Å². The van der Waals surface area contributed by atoms with Crippen molar-refractivity contribution < 1.29 is 27.5 Å². The molecule has 1 amide bonds. The molecule has 180 valence electrons. The zero-order chi connectivity index (χ0) is 25.1. The van der Waals surface area contributed by atoms with Gasteiger partial charge in [0, 0.05) is 5.56 Å². The Kier molecular flexibility index (Phi) is 7.46. The molecule has 2 N–H and O–H groups in total. The zero-order valence-electron chi connectivity index (χ0n) is 19.2. The number of aliphatic hydroxyl groups is 1. The molecule has 0 saturated heterocycles. The average molecular weight is 474 g/mol. The van der Waals surface area contributed by atoms with Crippen molar-refractivity contribution in [2.75, 3.05) is 0 Å². The number of hydrogen-bond acceptors (Lipinski definition) is 2. The third-order valence-electron chi connectivity index (χ3n) is 5.66.